The van der Waals surface area contributed by atoms with Crippen molar-refractivity contribution in [1.82, 2.24) is 4.72 Å². The zero-order valence-corrected chi connectivity index (χ0v) is 17.8. The summed E-state index contributed by atoms with van der Waals surface area (Å²) in [6.45, 7) is 17.4. The molecular formula is C20H32BNO2S. The molecule has 25 heavy (non-hydrogen) atoms. The lowest BCUT2D eigenvalue weighted by molar-refractivity contribution is 0.00578. The second-order valence-electron chi connectivity index (χ2n) is 9.86. The smallest absolute Gasteiger partial charge is 0.399 e. The predicted molar refractivity (Wildman–Crippen MR) is 107 cm³/mol. The molecule has 0 amide bonds. The average molecular weight is 361 g/mol. The van der Waals surface area contributed by atoms with E-state index in [9.17, 15) is 0 Å². The Hall–Kier alpha value is -0.485. The van der Waals surface area contributed by atoms with Crippen LogP contribution in [-0.4, -0.2) is 23.9 Å². The van der Waals surface area contributed by atoms with Crippen molar-refractivity contribution in [3.05, 3.63) is 23.8 Å². The Bertz CT molecular complexity index is 646. The normalized spacial score (nSPS) is 23.8. The Morgan fingerprint density at radius 2 is 1.56 bits per heavy atom. The van der Waals surface area contributed by atoms with Crippen molar-refractivity contribution in [3.63, 3.8) is 0 Å². The van der Waals surface area contributed by atoms with E-state index in [1.807, 2.05) is 0 Å². The summed E-state index contributed by atoms with van der Waals surface area (Å²) in [5.74, 6) is 0. The highest BCUT2D eigenvalue weighted by Crippen LogP contribution is 2.50. The van der Waals surface area contributed by atoms with E-state index >= 15 is 0 Å². The molecule has 1 saturated heterocycles. The highest BCUT2D eigenvalue weighted by Gasteiger charge is 2.52. The standard InChI is InChI=1S/C20H32BNO2S/c1-17(2,3)22-25-16-10-9-14(13-15(16)20(8)11-12-20)21-23-18(4,5)19(6,7)24-21/h9-10,13,22H,11-12H2,1-8H3. The molecule has 0 unspecified atom stereocenters. The molecule has 1 heterocycles. The van der Waals surface area contributed by atoms with Gasteiger partial charge in [-0.05, 0) is 95.8 Å². The van der Waals surface area contributed by atoms with E-state index in [0.29, 0.717) is 5.41 Å². The first-order valence-electron chi connectivity index (χ1n) is 9.27. The van der Waals surface area contributed by atoms with Crippen LogP contribution in [0.2, 0.25) is 0 Å². The van der Waals surface area contributed by atoms with Crippen LogP contribution in [-0.2, 0) is 14.7 Å². The van der Waals surface area contributed by atoms with Gasteiger partial charge in [0.1, 0.15) is 0 Å². The van der Waals surface area contributed by atoms with Gasteiger partial charge in [0.2, 0.25) is 0 Å². The quantitative estimate of drug-likeness (QED) is 0.635. The summed E-state index contributed by atoms with van der Waals surface area (Å²) in [6, 6.07) is 6.69. The molecule has 0 aromatic heterocycles. The molecule has 138 valence electrons. The van der Waals surface area contributed by atoms with Gasteiger partial charge in [-0.2, -0.15) is 0 Å². The molecule has 5 heteroatoms. The van der Waals surface area contributed by atoms with Gasteiger partial charge in [-0.25, -0.2) is 0 Å². The van der Waals surface area contributed by atoms with Crippen LogP contribution in [0.4, 0.5) is 0 Å². The molecule has 2 aliphatic rings. The molecular weight excluding hydrogens is 329 g/mol. The third-order valence-electron chi connectivity index (χ3n) is 5.65. The maximum absolute atomic E-state index is 6.25. The van der Waals surface area contributed by atoms with Gasteiger partial charge in [-0.15, -0.1) is 0 Å². The van der Waals surface area contributed by atoms with Crippen molar-refractivity contribution >= 4 is 24.5 Å². The third-order valence-corrected chi connectivity index (χ3v) is 6.94. The molecule has 1 saturated carbocycles. The number of rotatable bonds is 4. The summed E-state index contributed by atoms with van der Waals surface area (Å²) < 4.78 is 16.0. The fourth-order valence-electron chi connectivity index (χ4n) is 2.90. The number of hydrogen-bond donors (Lipinski definition) is 1. The molecule has 2 fully saturated rings. The van der Waals surface area contributed by atoms with Gasteiger partial charge in [0.05, 0.1) is 11.2 Å². The molecule has 1 aromatic carbocycles. The van der Waals surface area contributed by atoms with E-state index in [-0.39, 0.29) is 23.9 Å². The van der Waals surface area contributed by atoms with E-state index < -0.39 is 0 Å². The Morgan fingerprint density at radius 1 is 1.00 bits per heavy atom. The minimum Gasteiger partial charge on any atom is -0.399 e. The fraction of sp³-hybridized carbons (Fsp3) is 0.700. The number of nitrogens with one attached hydrogen (secondary N) is 1. The summed E-state index contributed by atoms with van der Waals surface area (Å²) in [7, 11) is -0.291. The van der Waals surface area contributed by atoms with Crippen LogP contribution in [0.25, 0.3) is 0 Å². The van der Waals surface area contributed by atoms with Crippen LogP contribution in [0.5, 0.6) is 0 Å². The molecule has 0 spiro atoms. The zero-order valence-electron chi connectivity index (χ0n) is 16.9. The summed E-state index contributed by atoms with van der Waals surface area (Å²) in [6.07, 6.45) is 2.51. The Kier molecular flexibility index (Phi) is 4.64. The largest absolute Gasteiger partial charge is 0.494 e. The maximum atomic E-state index is 6.25. The molecule has 1 N–H and O–H groups in total. The van der Waals surface area contributed by atoms with Crippen molar-refractivity contribution in [3.8, 4) is 0 Å². The van der Waals surface area contributed by atoms with Gasteiger partial charge in [-0.1, -0.05) is 19.1 Å². The first-order valence-corrected chi connectivity index (χ1v) is 10.1. The van der Waals surface area contributed by atoms with Crippen LogP contribution < -0.4 is 10.2 Å². The Morgan fingerprint density at radius 3 is 2.04 bits per heavy atom. The van der Waals surface area contributed by atoms with E-state index in [1.54, 1.807) is 11.9 Å². The first-order chi connectivity index (χ1) is 11.3. The monoisotopic (exact) mass is 361 g/mol. The SMILES string of the molecule is CC(C)(C)NSc1ccc(B2OC(C)(C)C(C)(C)O2)cc1C1(C)CC1. The second kappa shape index (κ2) is 6.02. The molecule has 0 atom stereocenters. The second-order valence-corrected chi connectivity index (χ2v) is 10.7. The summed E-state index contributed by atoms with van der Waals surface area (Å²) in [4.78, 5) is 1.31. The van der Waals surface area contributed by atoms with Crippen LogP contribution >= 0.6 is 11.9 Å². The molecule has 0 radical (unpaired) electrons. The van der Waals surface area contributed by atoms with Crippen LogP contribution in [0.15, 0.2) is 23.1 Å². The minimum absolute atomic E-state index is 0.0801. The molecule has 1 aromatic rings. The summed E-state index contributed by atoms with van der Waals surface area (Å²) in [5, 5.41) is 0. The first kappa shape index (κ1) is 19.3. The van der Waals surface area contributed by atoms with Crippen molar-refractivity contribution in [2.45, 2.75) is 95.3 Å². The van der Waals surface area contributed by atoms with Crippen LogP contribution in [0.1, 0.15) is 73.8 Å². The van der Waals surface area contributed by atoms with Crippen molar-refractivity contribution < 1.29 is 9.31 Å². The van der Waals surface area contributed by atoms with Gasteiger partial charge >= 0.3 is 7.12 Å². The molecule has 3 rings (SSSR count). The average Bonchev–Trinajstić information content (AvgIpc) is 3.16. The lowest BCUT2D eigenvalue weighted by Gasteiger charge is -2.32. The topological polar surface area (TPSA) is 30.5 Å². The molecule has 3 nitrogen and oxygen atoms in total. The zero-order chi connectivity index (χ0) is 18.7. The fourth-order valence-corrected chi connectivity index (χ4v) is 3.87. The molecule has 0 bridgehead atoms. The van der Waals surface area contributed by atoms with E-state index in [1.165, 1.54) is 23.3 Å². The Balaban J connectivity index is 1.88. The van der Waals surface area contributed by atoms with E-state index in [2.05, 4.69) is 78.3 Å². The van der Waals surface area contributed by atoms with Crippen LogP contribution in [0, 0.1) is 0 Å². The highest BCUT2D eigenvalue weighted by molar-refractivity contribution is 7.97. The third kappa shape index (κ3) is 3.95. The molecule has 1 aliphatic heterocycles. The lowest BCUT2D eigenvalue weighted by atomic mass is 9.77. The summed E-state index contributed by atoms with van der Waals surface area (Å²) >= 11 is 1.74. The highest BCUT2D eigenvalue weighted by atomic mass is 32.2. The Labute approximate surface area is 157 Å². The van der Waals surface area contributed by atoms with Gasteiger partial charge in [0, 0.05) is 10.4 Å². The maximum Gasteiger partial charge on any atom is 0.494 e. The van der Waals surface area contributed by atoms with Gasteiger partial charge < -0.3 is 9.31 Å². The number of hydrogen-bond acceptors (Lipinski definition) is 4. The minimum atomic E-state index is -0.303. The lowest BCUT2D eigenvalue weighted by Crippen LogP contribution is -2.41. The molecule has 1 aliphatic carbocycles. The van der Waals surface area contributed by atoms with Crippen molar-refractivity contribution in [2.24, 2.45) is 0 Å². The van der Waals surface area contributed by atoms with Crippen molar-refractivity contribution in [1.29, 1.82) is 0 Å². The van der Waals surface area contributed by atoms with E-state index in [4.69, 9.17) is 9.31 Å². The van der Waals surface area contributed by atoms with Gasteiger partial charge in [0.25, 0.3) is 0 Å². The summed E-state index contributed by atoms with van der Waals surface area (Å²) in [5.41, 5.74) is 2.31. The number of benzene rings is 1. The van der Waals surface area contributed by atoms with Crippen LogP contribution in [0.3, 0.4) is 0 Å². The van der Waals surface area contributed by atoms with Crippen molar-refractivity contribution in [2.75, 3.05) is 0 Å². The van der Waals surface area contributed by atoms with Gasteiger partial charge in [0.15, 0.2) is 0 Å². The predicted octanol–water partition coefficient (Wildman–Crippen LogP) is 4.43. The van der Waals surface area contributed by atoms with E-state index in [0.717, 1.165) is 5.46 Å². The van der Waals surface area contributed by atoms with Gasteiger partial charge in [-0.3, -0.25) is 4.72 Å².